The van der Waals surface area contributed by atoms with Gasteiger partial charge in [-0.1, -0.05) is 17.7 Å². The van der Waals surface area contributed by atoms with Gasteiger partial charge in [-0.2, -0.15) is 0 Å². The summed E-state index contributed by atoms with van der Waals surface area (Å²) in [5.41, 5.74) is 1.47. The van der Waals surface area contributed by atoms with E-state index in [-0.39, 0.29) is 5.91 Å². The fraction of sp³-hybridized carbons (Fsp3) is 0.300. The van der Waals surface area contributed by atoms with Gasteiger partial charge in [-0.25, -0.2) is 4.21 Å². The zero-order valence-electron chi connectivity index (χ0n) is 8.56. The van der Waals surface area contributed by atoms with Crippen molar-refractivity contribution in [2.75, 3.05) is 0 Å². The Kier molecular flexibility index (Phi) is 3.99. The summed E-state index contributed by atoms with van der Waals surface area (Å²) in [7, 11) is 0. The zero-order chi connectivity index (χ0) is 11.4. The molecule has 82 valence electrons. The van der Waals surface area contributed by atoms with E-state index in [0.717, 1.165) is 5.56 Å². The van der Waals surface area contributed by atoms with Gasteiger partial charge in [0.25, 0.3) is 5.91 Å². The molecule has 0 saturated carbocycles. The summed E-state index contributed by atoms with van der Waals surface area (Å²) < 4.78 is 19.4. The molecule has 2 atom stereocenters. The Labute approximate surface area is 91.0 Å². The van der Waals surface area contributed by atoms with E-state index < -0.39 is 16.5 Å². The topological polar surface area (TPSA) is 66.4 Å². The van der Waals surface area contributed by atoms with Crippen LogP contribution in [0.3, 0.4) is 0 Å². The van der Waals surface area contributed by atoms with Crippen LogP contribution in [0.25, 0.3) is 0 Å². The van der Waals surface area contributed by atoms with E-state index >= 15 is 0 Å². The molecule has 1 aromatic rings. The highest BCUT2D eigenvalue weighted by molar-refractivity contribution is 7.79. The van der Waals surface area contributed by atoms with Crippen LogP contribution in [0.15, 0.2) is 24.3 Å². The summed E-state index contributed by atoms with van der Waals surface area (Å²) in [5, 5.41) is 1.67. The monoisotopic (exact) mass is 227 g/mol. The first-order valence-electron chi connectivity index (χ1n) is 4.48. The summed E-state index contributed by atoms with van der Waals surface area (Å²) in [4.78, 5) is 11.6. The molecule has 0 aromatic heterocycles. The van der Waals surface area contributed by atoms with Gasteiger partial charge in [0.1, 0.15) is 5.37 Å². The highest BCUT2D eigenvalue weighted by Crippen LogP contribution is 2.04. The third-order valence-corrected chi connectivity index (χ3v) is 2.64. The van der Waals surface area contributed by atoms with E-state index in [9.17, 15) is 9.00 Å². The van der Waals surface area contributed by atoms with E-state index in [1.165, 1.54) is 6.92 Å². The average Bonchev–Trinajstić information content (AvgIpc) is 2.17. The third kappa shape index (κ3) is 3.45. The number of amides is 1. The van der Waals surface area contributed by atoms with Gasteiger partial charge in [0.2, 0.25) is 0 Å². The Hall–Kier alpha value is -1.20. The van der Waals surface area contributed by atoms with Crippen molar-refractivity contribution in [3.63, 3.8) is 0 Å². The quantitative estimate of drug-likeness (QED) is 0.765. The van der Waals surface area contributed by atoms with Crippen LogP contribution in [0.2, 0.25) is 0 Å². The van der Waals surface area contributed by atoms with Gasteiger partial charge in [0.15, 0.2) is 11.1 Å². The number of aryl methyl sites for hydroxylation is 1. The van der Waals surface area contributed by atoms with Crippen molar-refractivity contribution < 1.29 is 13.6 Å². The Morgan fingerprint density at radius 3 is 2.73 bits per heavy atom. The zero-order valence-corrected chi connectivity index (χ0v) is 9.38. The first-order chi connectivity index (χ1) is 7.00. The van der Waals surface area contributed by atoms with E-state index in [1.54, 1.807) is 18.2 Å². The van der Waals surface area contributed by atoms with Crippen LogP contribution < -0.4 is 5.32 Å². The molecule has 4 nitrogen and oxygen atoms in total. The molecule has 0 aliphatic rings. The van der Waals surface area contributed by atoms with E-state index in [2.05, 4.69) is 5.32 Å². The van der Waals surface area contributed by atoms with Crippen LogP contribution in [0.4, 0.5) is 0 Å². The summed E-state index contributed by atoms with van der Waals surface area (Å²) in [6.45, 7) is 3.36. The molecule has 2 N–H and O–H groups in total. The Morgan fingerprint density at radius 2 is 2.20 bits per heavy atom. The number of benzene rings is 1. The predicted octanol–water partition coefficient (Wildman–Crippen LogP) is 1.29. The van der Waals surface area contributed by atoms with Gasteiger partial charge >= 0.3 is 0 Å². The molecule has 5 heteroatoms. The molecule has 0 bridgehead atoms. The lowest BCUT2D eigenvalue weighted by Crippen LogP contribution is -2.35. The first kappa shape index (κ1) is 11.9. The van der Waals surface area contributed by atoms with Crippen LogP contribution in [-0.4, -0.2) is 20.0 Å². The molecule has 0 heterocycles. The molecular weight excluding hydrogens is 214 g/mol. The number of carbonyl (C=O) groups excluding carboxylic acids is 1. The fourth-order valence-corrected chi connectivity index (χ4v) is 1.31. The Bertz CT molecular complexity index is 392. The minimum atomic E-state index is -2.04. The normalized spacial score (nSPS) is 14.3. The molecule has 2 unspecified atom stereocenters. The molecule has 0 aliphatic carbocycles. The molecule has 1 rings (SSSR count). The van der Waals surface area contributed by atoms with Gasteiger partial charge in [-0.3, -0.25) is 4.79 Å². The van der Waals surface area contributed by atoms with E-state index in [4.69, 9.17) is 4.55 Å². The summed E-state index contributed by atoms with van der Waals surface area (Å²) >= 11 is -2.04. The summed E-state index contributed by atoms with van der Waals surface area (Å²) in [6, 6.07) is 7.03. The second-order valence-corrected chi connectivity index (χ2v) is 4.52. The molecule has 0 fully saturated rings. The van der Waals surface area contributed by atoms with Crippen LogP contribution in [0.1, 0.15) is 22.8 Å². The highest BCUT2D eigenvalue weighted by Gasteiger charge is 2.13. The number of rotatable bonds is 3. The number of carbonyl (C=O) groups is 1. The number of nitrogens with one attached hydrogen (secondary N) is 1. The van der Waals surface area contributed by atoms with Crippen LogP contribution in [0, 0.1) is 6.92 Å². The van der Waals surface area contributed by atoms with Crippen molar-refractivity contribution >= 4 is 17.0 Å². The highest BCUT2D eigenvalue weighted by atomic mass is 32.2. The lowest BCUT2D eigenvalue weighted by molar-refractivity contribution is 0.0950. The van der Waals surface area contributed by atoms with Crippen molar-refractivity contribution in [2.24, 2.45) is 0 Å². The molecule has 0 spiro atoms. The van der Waals surface area contributed by atoms with Crippen LogP contribution in [-0.2, 0) is 11.1 Å². The molecule has 15 heavy (non-hydrogen) atoms. The van der Waals surface area contributed by atoms with Gasteiger partial charge in [0, 0.05) is 5.56 Å². The summed E-state index contributed by atoms with van der Waals surface area (Å²) in [5.74, 6) is -0.339. The minimum absolute atomic E-state index is 0.339. The maximum absolute atomic E-state index is 11.6. The lowest BCUT2D eigenvalue weighted by atomic mass is 10.1. The predicted molar refractivity (Wildman–Crippen MR) is 58.9 cm³/mol. The average molecular weight is 227 g/mol. The van der Waals surface area contributed by atoms with Gasteiger partial charge in [-0.05, 0) is 26.0 Å². The fourth-order valence-electron chi connectivity index (χ4n) is 1.10. The van der Waals surface area contributed by atoms with Crippen molar-refractivity contribution in [1.29, 1.82) is 0 Å². The number of hydrogen-bond donors (Lipinski definition) is 2. The Balaban J connectivity index is 2.73. The van der Waals surface area contributed by atoms with Crippen LogP contribution in [0.5, 0.6) is 0 Å². The smallest absolute Gasteiger partial charge is 0.252 e. The molecule has 1 amide bonds. The second kappa shape index (κ2) is 5.04. The molecular formula is C10H13NO3S. The van der Waals surface area contributed by atoms with Gasteiger partial charge in [-0.15, -0.1) is 0 Å². The van der Waals surface area contributed by atoms with Crippen molar-refractivity contribution in [3.8, 4) is 0 Å². The third-order valence-electron chi connectivity index (χ3n) is 1.92. The lowest BCUT2D eigenvalue weighted by Gasteiger charge is -2.09. The van der Waals surface area contributed by atoms with E-state index in [0.29, 0.717) is 5.56 Å². The maximum Gasteiger partial charge on any atom is 0.252 e. The van der Waals surface area contributed by atoms with Crippen molar-refractivity contribution in [3.05, 3.63) is 35.4 Å². The standard InChI is InChI=1S/C10H13NO3S/c1-7-4-3-5-9(6-7)10(12)11-8(2)15(13)14/h3-6,8H,1-2H3,(H,11,12)(H,13,14). The summed E-state index contributed by atoms with van der Waals surface area (Å²) in [6.07, 6.45) is 0. The minimum Gasteiger partial charge on any atom is -0.336 e. The van der Waals surface area contributed by atoms with Gasteiger partial charge < -0.3 is 9.87 Å². The van der Waals surface area contributed by atoms with Crippen molar-refractivity contribution in [2.45, 2.75) is 19.2 Å². The van der Waals surface area contributed by atoms with Crippen LogP contribution >= 0.6 is 0 Å². The largest absolute Gasteiger partial charge is 0.336 e. The number of hydrogen-bond acceptors (Lipinski definition) is 2. The second-order valence-electron chi connectivity index (χ2n) is 3.26. The molecule has 0 saturated heterocycles. The SMILES string of the molecule is Cc1cccc(C(=O)NC(C)S(=O)O)c1. The van der Waals surface area contributed by atoms with E-state index in [1.807, 2.05) is 13.0 Å². The molecule has 0 aliphatic heterocycles. The molecule has 1 aromatic carbocycles. The Morgan fingerprint density at radius 1 is 1.53 bits per heavy atom. The van der Waals surface area contributed by atoms with Crippen molar-refractivity contribution in [1.82, 2.24) is 5.32 Å². The maximum atomic E-state index is 11.6. The molecule has 0 radical (unpaired) electrons. The van der Waals surface area contributed by atoms with Gasteiger partial charge in [0.05, 0.1) is 0 Å². The first-order valence-corrected chi connectivity index (χ1v) is 5.65.